The van der Waals surface area contributed by atoms with Crippen LogP contribution in [0.1, 0.15) is 32.3 Å². The summed E-state index contributed by atoms with van der Waals surface area (Å²) in [5, 5.41) is 4.35. The Labute approximate surface area is 133 Å². The average Bonchev–Trinajstić information content (AvgIpc) is 2.75. The van der Waals surface area contributed by atoms with Crippen molar-refractivity contribution in [2.75, 3.05) is 32.7 Å². The smallest absolute Gasteiger partial charge is 0.279 e. The number of nitrogens with zero attached hydrogens (tertiary/aromatic N) is 4. The molecular formula is C14H27N5O2S. The maximum atomic E-state index is 12.1. The van der Waals surface area contributed by atoms with E-state index < -0.39 is 10.2 Å². The first-order valence-corrected chi connectivity index (χ1v) is 9.47. The van der Waals surface area contributed by atoms with E-state index in [2.05, 4.69) is 27.8 Å². The lowest BCUT2D eigenvalue weighted by Crippen LogP contribution is -2.42. The molecular weight excluding hydrogens is 302 g/mol. The molecule has 1 aromatic rings. The van der Waals surface area contributed by atoms with Crippen molar-refractivity contribution in [1.82, 2.24) is 23.7 Å². The molecule has 22 heavy (non-hydrogen) atoms. The zero-order valence-electron chi connectivity index (χ0n) is 13.5. The van der Waals surface area contributed by atoms with E-state index in [1.165, 1.54) is 5.56 Å². The van der Waals surface area contributed by atoms with Crippen LogP contribution in [0.3, 0.4) is 0 Å². The van der Waals surface area contributed by atoms with Crippen LogP contribution >= 0.6 is 0 Å². The fraction of sp³-hybridized carbons (Fsp3) is 0.786. The number of aromatic nitrogens is 2. The van der Waals surface area contributed by atoms with Gasteiger partial charge in [0.25, 0.3) is 10.2 Å². The van der Waals surface area contributed by atoms with Crippen molar-refractivity contribution in [2.24, 2.45) is 0 Å². The molecule has 0 saturated carbocycles. The topological polar surface area (TPSA) is 70.5 Å². The molecule has 0 aromatic carbocycles. The predicted molar refractivity (Wildman–Crippen MR) is 86.6 cm³/mol. The van der Waals surface area contributed by atoms with Crippen LogP contribution in [-0.4, -0.2) is 60.1 Å². The van der Waals surface area contributed by atoms with Gasteiger partial charge in [-0.3, -0.25) is 9.58 Å². The fourth-order valence-electron chi connectivity index (χ4n) is 2.72. The normalized spacial score (nSPS) is 18.5. The Morgan fingerprint density at radius 3 is 2.77 bits per heavy atom. The molecule has 7 nitrogen and oxygen atoms in total. The predicted octanol–water partition coefficient (Wildman–Crippen LogP) is 0.655. The Morgan fingerprint density at radius 1 is 1.23 bits per heavy atom. The van der Waals surface area contributed by atoms with Crippen LogP contribution in [0.15, 0.2) is 12.4 Å². The van der Waals surface area contributed by atoms with Crippen LogP contribution in [0.2, 0.25) is 0 Å². The highest BCUT2D eigenvalue weighted by Crippen LogP contribution is 2.10. The lowest BCUT2D eigenvalue weighted by Gasteiger charge is -2.21. The molecule has 0 amide bonds. The van der Waals surface area contributed by atoms with Crippen molar-refractivity contribution >= 4 is 10.2 Å². The molecule has 2 heterocycles. The summed E-state index contributed by atoms with van der Waals surface area (Å²) in [6.07, 6.45) is 5.92. The molecule has 1 saturated heterocycles. The lowest BCUT2D eigenvalue weighted by atomic mass is 10.3. The first-order chi connectivity index (χ1) is 10.5. The molecule has 8 heteroatoms. The molecule has 0 spiro atoms. The molecule has 126 valence electrons. The maximum Gasteiger partial charge on any atom is 0.279 e. The number of aryl methyl sites for hydroxylation is 1. The van der Waals surface area contributed by atoms with Crippen LogP contribution in [-0.2, 0) is 23.3 Å². The van der Waals surface area contributed by atoms with Gasteiger partial charge in [0.05, 0.1) is 6.20 Å². The number of nitrogens with one attached hydrogen (secondary N) is 1. The van der Waals surface area contributed by atoms with Gasteiger partial charge in [-0.25, -0.2) is 4.72 Å². The highest BCUT2D eigenvalue weighted by Gasteiger charge is 2.24. The summed E-state index contributed by atoms with van der Waals surface area (Å²) in [4.78, 5) is 2.30. The van der Waals surface area contributed by atoms with Crippen molar-refractivity contribution in [3.05, 3.63) is 18.0 Å². The molecule has 0 aliphatic carbocycles. The second-order valence-corrected chi connectivity index (χ2v) is 7.40. The van der Waals surface area contributed by atoms with E-state index >= 15 is 0 Å². The van der Waals surface area contributed by atoms with Gasteiger partial charge in [-0.15, -0.1) is 0 Å². The summed E-state index contributed by atoms with van der Waals surface area (Å²) in [6.45, 7) is 8.93. The van der Waals surface area contributed by atoms with E-state index in [1.54, 1.807) is 11.2 Å². The van der Waals surface area contributed by atoms with E-state index in [0.29, 0.717) is 19.6 Å². The highest BCUT2D eigenvalue weighted by atomic mass is 32.2. The fourth-order valence-corrected chi connectivity index (χ4v) is 3.96. The van der Waals surface area contributed by atoms with Crippen molar-refractivity contribution in [2.45, 2.75) is 39.8 Å². The summed E-state index contributed by atoms with van der Waals surface area (Å²) in [5.74, 6) is 0. The minimum absolute atomic E-state index is 0.430. The van der Waals surface area contributed by atoms with Crippen LogP contribution in [0.4, 0.5) is 0 Å². The average molecular weight is 329 g/mol. The Hall–Kier alpha value is -0.960. The summed E-state index contributed by atoms with van der Waals surface area (Å²) in [5.41, 5.74) is 1.19. The molecule has 0 radical (unpaired) electrons. The van der Waals surface area contributed by atoms with Crippen LogP contribution in [0.25, 0.3) is 0 Å². The van der Waals surface area contributed by atoms with Gasteiger partial charge in [0.1, 0.15) is 0 Å². The Kier molecular flexibility index (Phi) is 6.37. The third-order valence-corrected chi connectivity index (χ3v) is 5.46. The molecule has 1 aliphatic heterocycles. The number of hydrogen-bond donors (Lipinski definition) is 1. The van der Waals surface area contributed by atoms with E-state index in [-0.39, 0.29) is 0 Å². The van der Waals surface area contributed by atoms with Gasteiger partial charge in [-0.05, 0) is 19.4 Å². The minimum Gasteiger partial charge on any atom is -0.298 e. The van der Waals surface area contributed by atoms with E-state index in [1.807, 2.05) is 10.9 Å². The first-order valence-electron chi connectivity index (χ1n) is 8.03. The zero-order chi connectivity index (χ0) is 16.0. The highest BCUT2D eigenvalue weighted by molar-refractivity contribution is 7.87. The molecule has 0 atom stereocenters. The monoisotopic (exact) mass is 329 g/mol. The van der Waals surface area contributed by atoms with Crippen LogP contribution in [0.5, 0.6) is 0 Å². The quantitative estimate of drug-likeness (QED) is 0.797. The molecule has 0 bridgehead atoms. The van der Waals surface area contributed by atoms with E-state index in [9.17, 15) is 8.42 Å². The second-order valence-electron chi connectivity index (χ2n) is 5.64. The van der Waals surface area contributed by atoms with Crippen molar-refractivity contribution in [3.8, 4) is 0 Å². The largest absolute Gasteiger partial charge is 0.298 e. The first kappa shape index (κ1) is 17.4. The summed E-state index contributed by atoms with van der Waals surface area (Å²) in [7, 11) is -3.32. The van der Waals surface area contributed by atoms with Gasteiger partial charge in [0, 0.05) is 51.0 Å². The van der Waals surface area contributed by atoms with Gasteiger partial charge in [0.2, 0.25) is 0 Å². The number of hydrogen-bond acceptors (Lipinski definition) is 4. The SMILES string of the molecule is CCCn1cc(CN2CCCN(S(=O)(=O)NCC)CC2)cn1. The molecule has 1 aliphatic rings. The molecule has 1 fully saturated rings. The Bertz CT molecular complexity index is 557. The summed E-state index contributed by atoms with van der Waals surface area (Å²) in [6, 6.07) is 0. The lowest BCUT2D eigenvalue weighted by molar-refractivity contribution is 0.278. The van der Waals surface area contributed by atoms with E-state index in [0.717, 1.165) is 39.0 Å². The van der Waals surface area contributed by atoms with Gasteiger partial charge < -0.3 is 0 Å². The van der Waals surface area contributed by atoms with Crippen molar-refractivity contribution < 1.29 is 8.42 Å². The van der Waals surface area contributed by atoms with Crippen LogP contribution in [0, 0.1) is 0 Å². The molecule has 1 N–H and O–H groups in total. The van der Waals surface area contributed by atoms with Gasteiger partial charge in [-0.2, -0.15) is 17.8 Å². The minimum atomic E-state index is -3.32. The third kappa shape index (κ3) is 4.77. The standard InChI is InChI=1S/C14H27N5O2S/c1-3-6-18-13-14(11-15-18)12-17-7-5-8-19(10-9-17)22(20,21)16-4-2/h11,13,16H,3-10,12H2,1-2H3. The third-order valence-electron chi connectivity index (χ3n) is 3.76. The zero-order valence-corrected chi connectivity index (χ0v) is 14.3. The Morgan fingerprint density at radius 2 is 2.05 bits per heavy atom. The van der Waals surface area contributed by atoms with Crippen molar-refractivity contribution in [3.63, 3.8) is 0 Å². The van der Waals surface area contributed by atoms with E-state index in [4.69, 9.17) is 0 Å². The molecule has 0 unspecified atom stereocenters. The van der Waals surface area contributed by atoms with Gasteiger partial charge in [0.15, 0.2) is 0 Å². The second kappa shape index (κ2) is 8.05. The molecule has 1 aromatic heterocycles. The van der Waals surface area contributed by atoms with Gasteiger partial charge >= 0.3 is 0 Å². The van der Waals surface area contributed by atoms with Gasteiger partial charge in [-0.1, -0.05) is 13.8 Å². The maximum absolute atomic E-state index is 12.1. The summed E-state index contributed by atoms with van der Waals surface area (Å²) >= 11 is 0. The summed E-state index contributed by atoms with van der Waals surface area (Å²) < 4.78 is 30.2. The van der Waals surface area contributed by atoms with Crippen LogP contribution < -0.4 is 4.72 Å². The van der Waals surface area contributed by atoms with Crippen molar-refractivity contribution in [1.29, 1.82) is 0 Å². The number of rotatable bonds is 7. The Balaban J connectivity index is 1.89. The molecule has 2 rings (SSSR count).